The Hall–Kier alpha value is -0.660. The molecule has 2 N–H and O–H groups in total. The summed E-state index contributed by atoms with van der Waals surface area (Å²) in [7, 11) is -0.155. The number of nitrogens with one attached hydrogen (secondary N) is 1. The SMILES string of the molecule is CN(C)CCNC(=O)CCCS(=O)(=O)O. The van der Waals surface area contributed by atoms with E-state index in [4.69, 9.17) is 4.55 Å². The van der Waals surface area contributed by atoms with Crippen LogP contribution >= 0.6 is 0 Å². The molecule has 0 aliphatic carbocycles. The first-order valence-electron chi connectivity index (χ1n) is 4.68. The quantitative estimate of drug-likeness (QED) is 0.575. The lowest BCUT2D eigenvalue weighted by Crippen LogP contribution is -2.31. The molecule has 7 heteroatoms. The Kier molecular flexibility index (Phi) is 6.46. The standard InChI is InChI=1S/C8H18N2O4S/c1-10(2)6-5-9-8(11)4-3-7-15(12,13)14/h3-7H2,1-2H3,(H,9,11)(H,12,13,14). The van der Waals surface area contributed by atoms with Gasteiger partial charge < -0.3 is 10.2 Å². The van der Waals surface area contributed by atoms with Gasteiger partial charge >= 0.3 is 0 Å². The zero-order chi connectivity index (χ0) is 11.9. The minimum Gasteiger partial charge on any atom is -0.355 e. The van der Waals surface area contributed by atoms with Gasteiger partial charge in [-0.05, 0) is 20.5 Å². The lowest BCUT2D eigenvalue weighted by Gasteiger charge is -2.09. The van der Waals surface area contributed by atoms with E-state index in [1.165, 1.54) is 0 Å². The van der Waals surface area contributed by atoms with E-state index in [9.17, 15) is 13.2 Å². The number of nitrogens with zero attached hydrogens (tertiary/aromatic N) is 1. The first-order valence-corrected chi connectivity index (χ1v) is 6.29. The maximum Gasteiger partial charge on any atom is 0.264 e. The van der Waals surface area contributed by atoms with Gasteiger partial charge in [-0.15, -0.1) is 0 Å². The fourth-order valence-corrected chi connectivity index (χ4v) is 1.43. The van der Waals surface area contributed by atoms with E-state index < -0.39 is 10.1 Å². The molecule has 0 aliphatic heterocycles. The second-order valence-electron chi connectivity index (χ2n) is 3.54. The molecule has 0 atom stereocenters. The van der Waals surface area contributed by atoms with Crippen LogP contribution in [0.15, 0.2) is 0 Å². The monoisotopic (exact) mass is 238 g/mol. The van der Waals surface area contributed by atoms with Gasteiger partial charge in [-0.25, -0.2) is 0 Å². The minimum atomic E-state index is -3.94. The van der Waals surface area contributed by atoms with Gasteiger partial charge in [-0.3, -0.25) is 9.35 Å². The molecule has 0 radical (unpaired) electrons. The van der Waals surface area contributed by atoms with Crippen LogP contribution in [-0.4, -0.2) is 56.7 Å². The molecular formula is C8H18N2O4S. The van der Waals surface area contributed by atoms with Crippen molar-refractivity contribution in [2.75, 3.05) is 32.9 Å². The topological polar surface area (TPSA) is 86.7 Å². The molecule has 0 aromatic carbocycles. The van der Waals surface area contributed by atoms with Gasteiger partial charge in [0.2, 0.25) is 5.91 Å². The summed E-state index contributed by atoms with van der Waals surface area (Å²) < 4.78 is 29.1. The van der Waals surface area contributed by atoms with Gasteiger partial charge in [0, 0.05) is 19.5 Å². The maximum atomic E-state index is 11.1. The predicted octanol–water partition coefficient (Wildman–Crippen LogP) is -0.668. The molecule has 0 fully saturated rings. The minimum absolute atomic E-state index is 0.118. The third-order valence-electron chi connectivity index (χ3n) is 1.69. The third kappa shape index (κ3) is 11.3. The van der Waals surface area contributed by atoms with Crippen LogP contribution in [0.5, 0.6) is 0 Å². The van der Waals surface area contributed by atoms with Crippen LogP contribution in [0.1, 0.15) is 12.8 Å². The lowest BCUT2D eigenvalue weighted by molar-refractivity contribution is -0.121. The Labute approximate surface area is 90.4 Å². The summed E-state index contributed by atoms with van der Waals surface area (Å²) in [4.78, 5) is 13.0. The van der Waals surface area contributed by atoms with Crippen LogP contribution in [0.3, 0.4) is 0 Å². The molecule has 0 aromatic rings. The van der Waals surface area contributed by atoms with Gasteiger partial charge in [0.25, 0.3) is 10.1 Å². The van der Waals surface area contributed by atoms with E-state index in [2.05, 4.69) is 5.32 Å². The van der Waals surface area contributed by atoms with Crippen molar-refractivity contribution in [1.82, 2.24) is 10.2 Å². The van der Waals surface area contributed by atoms with Crippen molar-refractivity contribution in [3.63, 3.8) is 0 Å². The van der Waals surface area contributed by atoms with E-state index in [0.717, 1.165) is 6.54 Å². The van der Waals surface area contributed by atoms with Crippen molar-refractivity contribution in [3.8, 4) is 0 Å². The summed E-state index contributed by atoms with van der Waals surface area (Å²) in [6.45, 7) is 1.28. The Bertz CT molecular complexity index is 287. The number of likely N-dealkylation sites (N-methyl/N-ethyl adjacent to an activating group) is 1. The van der Waals surface area contributed by atoms with Crippen LogP contribution in [0.2, 0.25) is 0 Å². The molecule has 1 amide bonds. The first-order chi connectivity index (χ1) is 6.81. The molecule has 0 saturated heterocycles. The Morgan fingerprint density at radius 2 is 2.00 bits per heavy atom. The molecule has 0 heterocycles. The Balaban J connectivity index is 3.50. The number of carbonyl (C=O) groups excluding carboxylic acids is 1. The van der Waals surface area contributed by atoms with Crippen molar-refractivity contribution in [2.45, 2.75) is 12.8 Å². The molecule has 0 unspecified atom stereocenters. The van der Waals surface area contributed by atoms with E-state index in [0.29, 0.717) is 6.54 Å². The Morgan fingerprint density at radius 3 is 2.47 bits per heavy atom. The third-order valence-corrected chi connectivity index (χ3v) is 2.49. The van der Waals surface area contributed by atoms with Crippen LogP contribution in [0.25, 0.3) is 0 Å². The van der Waals surface area contributed by atoms with Crippen LogP contribution in [-0.2, 0) is 14.9 Å². The Morgan fingerprint density at radius 1 is 1.40 bits per heavy atom. The number of rotatable bonds is 7. The number of amides is 1. The van der Waals surface area contributed by atoms with Gasteiger partial charge in [0.05, 0.1) is 5.75 Å². The first kappa shape index (κ1) is 14.3. The summed E-state index contributed by atoms with van der Waals surface area (Å²) >= 11 is 0. The van der Waals surface area contributed by atoms with Crippen LogP contribution in [0.4, 0.5) is 0 Å². The second kappa shape index (κ2) is 6.76. The van der Waals surface area contributed by atoms with Crippen molar-refractivity contribution >= 4 is 16.0 Å². The van der Waals surface area contributed by atoms with E-state index in [1.54, 1.807) is 0 Å². The lowest BCUT2D eigenvalue weighted by atomic mass is 10.3. The molecule has 0 aliphatic rings. The summed E-state index contributed by atoms with van der Waals surface area (Å²) in [5.41, 5.74) is 0. The molecule has 0 aromatic heterocycles. The normalized spacial score (nSPS) is 11.7. The molecule has 90 valence electrons. The molecule has 6 nitrogen and oxygen atoms in total. The molecule has 15 heavy (non-hydrogen) atoms. The van der Waals surface area contributed by atoms with Gasteiger partial charge in [-0.1, -0.05) is 0 Å². The highest BCUT2D eigenvalue weighted by atomic mass is 32.2. The van der Waals surface area contributed by atoms with E-state index in [-0.39, 0.29) is 24.5 Å². The fourth-order valence-electron chi connectivity index (χ4n) is 0.922. The van der Waals surface area contributed by atoms with E-state index in [1.807, 2.05) is 19.0 Å². The highest BCUT2D eigenvalue weighted by Gasteiger charge is 2.06. The maximum absolute atomic E-state index is 11.1. The highest BCUT2D eigenvalue weighted by molar-refractivity contribution is 7.85. The summed E-state index contributed by atoms with van der Waals surface area (Å²) in [6.07, 6.45) is 0.264. The smallest absolute Gasteiger partial charge is 0.264 e. The average Bonchev–Trinajstić information content (AvgIpc) is 2.00. The number of hydrogen-bond acceptors (Lipinski definition) is 4. The molecule has 0 spiro atoms. The molecule has 0 saturated carbocycles. The highest BCUT2D eigenvalue weighted by Crippen LogP contribution is 1.93. The number of hydrogen-bond donors (Lipinski definition) is 2. The van der Waals surface area contributed by atoms with Crippen LogP contribution < -0.4 is 5.32 Å². The van der Waals surface area contributed by atoms with Gasteiger partial charge in [0.15, 0.2) is 0 Å². The number of carbonyl (C=O) groups is 1. The van der Waals surface area contributed by atoms with Crippen molar-refractivity contribution in [1.29, 1.82) is 0 Å². The van der Waals surface area contributed by atoms with Crippen molar-refractivity contribution in [2.24, 2.45) is 0 Å². The van der Waals surface area contributed by atoms with Crippen LogP contribution in [0, 0.1) is 0 Å². The summed E-state index contributed by atoms with van der Waals surface area (Å²) in [5.74, 6) is -0.561. The van der Waals surface area contributed by atoms with E-state index >= 15 is 0 Å². The predicted molar refractivity (Wildman–Crippen MR) is 57.2 cm³/mol. The van der Waals surface area contributed by atoms with Gasteiger partial charge in [-0.2, -0.15) is 8.42 Å². The fraction of sp³-hybridized carbons (Fsp3) is 0.875. The molecular weight excluding hydrogens is 220 g/mol. The molecule has 0 rings (SSSR count). The second-order valence-corrected chi connectivity index (χ2v) is 5.11. The zero-order valence-corrected chi connectivity index (χ0v) is 9.88. The average molecular weight is 238 g/mol. The summed E-state index contributed by atoms with van der Waals surface area (Å²) in [6, 6.07) is 0. The largest absolute Gasteiger partial charge is 0.355 e. The summed E-state index contributed by atoms with van der Waals surface area (Å²) in [5, 5.41) is 2.64. The van der Waals surface area contributed by atoms with Gasteiger partial charge in [0.1, 0.15) is 0 Å². The zero-order valence-electron chi connectivity index (χ0n) is 9.06. The van der Waals surface area contributed by atoms with Crippen molar-refractivity contribution in [3.05, 3.63) is 0 Å². The molecule has 0 bridgehead atoms. The van der Waals surface area contributed by atoms with Crippen molar-refractivity contribution < 1.29 is 17.8 Å².